The number of carbonyl (C=O) groups excluding carboxylic acids is 1. The fraction of sp³-hybridized carbons (Fsp3) is 0.500. The van der Waals surface area contributed by atoms with Crippen LogP contribution < -0.4 is 5.73 Å². The van der Waals surface area contributed by atoms with Gasteiger partial charge < -0.3 is 10.6 Å². The summed E-state index contributed by atoms with van der Waals surface area (Å²) in [5.41, 5.74) is 6.33. The molecular weight excluding hydrogens is 311 g/mol. The topological polar surface area (TPSA) is 46.3 Å². The minimum Gasteiger partial charge on any atom is -0.334 e. The first-order valence-electron chi connectivity index (χ1n) is 6.52. The Morgan fingerprint density at radius 2 is 2.26 bits per heavy atom. The first-order chi connectivity index (χ1) is 9.00. The molecule has 0 bridgehead atoms. The van der Waals surface area contributed by atoms with E-state index >= 15 is 0 Å². The fourth-order valence-corrected chi connectivity index (χ4v) is 2.99. The maximum atomic E-state index is 13.3. The number of hydrogen-bond acceptors (Lipinski definition) is 2. The molecule has 1 aromatic rings. The first kappa shape index (κ1) is 14.5. The lowest BCUT2D eigenvalue weighted by Crippen LogP contribution is -2.51. The predicted molar refractivity (Wildman–Crippen MR) is 76.4 cm³/mol. The normalized spacial score (nSPS) is 21.3. The third-order valence-electron chi connectivity index (χ3n) is 3.58. The molecule has 0 spiro atoms. The highest BCUT2D eigenvalue weighted by atomic mass is 79.9. The number of piperidine rings is 1. The fourth-order valence-electron chi connectivity index (χ4n) is 2.57. The van der Waals surface area contributed by atoms with E-state index in [1.165, 1.54) is 12.1 Å². The number of rotatable bonds is 2. The molecule has 1 aromatic carbocycles. The second-order valence-electron chi connectivity index (χ2n) is 5.04. The van der Waals surface area contributed by atoms with Gasteiger partial charge >= 0.3 is 0 Å². The molecule has 104 valence electrons. The largest absolute Gasteiger partial charge is 0.334 e. The molecule has 1 heterocycles. The summed E-state index contributed by atoms with van der Waals surface area (Å²) in [4.78, 5) is 14.3. The molecule has 1 aliphatic heterocycles. The third-order valence-corrected chi connectivity index (χ3v) is 4.27. The second kappa shape index (κ2) is 6.01. The zero-order valence-corrected chi connectivity index (χ0v) is 12.5. The smallest absolute Gasteiger partial charge is 0.255 e. The van der Waals surface area contributed by atoms with E-state index < -0.39 is 5.82 Å². The van der Waals surface area contributed by atoms with Crippen LogP contribution in [0, 0.1) is 5.82 Å². The molecule has 1 fully saturated rings. The van der Waals surface area contributed by atoms with Crippen molar-refractivity contribution >= 4 is 21.8 Å². The summed E-state index contributed by atoms with van der Waals surface area (Å²) in [6.07, 6.45) is 2.97. The highest BCUT2D eigenvalue weighted by Gasteiger charge is 2.30. The molecule has 19 heavy (non-hydrogen) atoms. The minimum absolute atomic E-state index is 0.0383. The van der Waals surface area contributed by atoms with Gasteiger partial charge in [-0.15, -0.1) is 0 Å². The number of amides is 1. The Balaban J connectivity index is 2.28. The third kappa shape index (κ3) is 3.15. The van der Waals surface area contributed by atoms with Crippen molar-refractivity contribution in [2.24, 2.45) is 5.73 Å². The van der Waals surface area contributed by atoms with E-state index in [1.54, 1.807) is 11.0 Å². The van der Waals surface area contributed by atoms with E-state index in [1.807, 2.05) is 6.92 Å². The quantitative estimate of drug-likeness (QED) is 0.907. The van der Waals surface area contributed by atoms with Crippen molar-refractivity contribution in [1.29, 1.82) is 0 Å². The van der Waals surface area contributed by atoms with E-state index in [9.17, 15) is 9.18 Å². The summed E-state index contributed by atoms with van der Waals surface area (Å²) >= 11 is 3.31. The number of benzene rings is 1. The number of nitrogens with two attached hydrogens (primary N) is 1. The molecule has 2 N–H and O–H groups in total. The van der Waals surface area contributed by atoms with Crippen LogP contribution in [0.4, 0.5) is 4.39 Å². The van der Waals surface area contributed by atoms with Crippen LogP contribution in [0.2, 0.25) is 0 Å². The minimum atomic E-state index is -0.402. The average Bonchev–Trinajstić information content (AvgIpc) is 2.40. The maximum Gasteiger partial charge on any atom is 0.255 e. The van der Waals surface area contributed by atoms with Gasteiger partial charge in [0.05, 0.1) is 5.56 Å². The summed E-state index contributed by atoms with van der Waals surface area (Å²) in [7, 11) is 0. The van der Waals surface area contributed by atoms with Crippen LogP contribution in [-0.2, 0) is 0 Å². The second-order valence-corrected chi connectivity index (χ2v) is 5.90. The molecule has 0 unspecified atom stereocenters. The number of hydrogen-bond donors (Lipinski definition) is 1. The standard InChI is InChI=1S/C14H18BrFN2O/c1-9(17)13-4-2-3-7-18(13)14(19)11-8-10(16)5-6-12(11)15/h5-6,8-9,13H,2-4,7,17H2,1H3/t9-,13+/m0/s1. The number of nitrogens with zero attached hydrogens (tertiary/aromatic N) is 1. The molecular formula is C14H18BrFN2O. The number of carbonyl (C=O) groups is 1. The molecule has 1 amide bonds. The van der Waals surface area contributed by atoms with Crippen LogP contribution in [-0.4, -0.2) is 29.4 Å². The zero-order valence-electron chi connectivity index (χ0n) is 10.9. The summed E-state index contributed by atoms with van der Waals surface area (Å²) in [6, 6.07) is 4.14. The van der Waals surface area contributed by atoms with Crippen LogP contribution in [0.15, 0.2) is 22.7 Å². The lowest BCUT2D eigenvalue weighted by atomic mass is 9.96. The Hall–Kier alpha value is -0.940. The molecule has 1 saturated heterocycles. The van der Waals surface area contributed by atoms with Crippen LogP contribution in [0.1, 0.15) is 36.5 Å². The Morgan fingerprint density at radius 3 is 2.95 bits per heavy atom. The van der Waals surface area contributed by atoms with Crippen LogP contribution >= 0.6 is 15.9 Å². The van der Waals surface area contributed by atoms with Crippen LogP contribution in [0.25, 0.3) is 0 Å². The summed E-state index contributed by atoms with van der Waals surface area (Å²) < 4.78 is 13.9. The van der Waals surface area contributed by atoms with Gasteiger partial charge in [0.1, 0.15) is 5.82 Å². The highest BCUT2D eigenvalue weighted by Crippen LogP contribution is 2.25. The number of halogens is 2. The molecule has 3 nitrogen and oxygen atoms in total. The first-order valence-corrected chi connectivity index (χ1v) is 7.31. The molecule has 1 aliphatic rings. The van der Waals surface area contributed by atoms with Gasteiger partial charge in [0, 0.05) is 23.1 Å². The van der Waals surface area contributed by atoms with Gasteiger partial charge in [-0.1, -0.05) is 0 Å². The Bertz CT molecular complexity index is 479. The summed E-state index contributed by atoms with van der Waals surface area (Å²) in [5.74, 6) is -0.547. The van der Waals surface area contributed by atoms with Crippen molar-refractivity contribution in [3.63, 3.8) is 0 Å². The Labute approximate surface area is 121 Å². The highest BCUT2D eigenvalue weighted by molar-refractivity contribution is 9.10. The van der Waals surface area contributed by atoms with Gasteiger partial charge in [-0.25, -0.2) is 4.39 Å². The molecule has 0 radical (unpaired) electrons. The van der Waals surface area contributed by atoms with E-state index in [0.29, 0.717) is 16.6 Å². The lowest BCUT2D eigenvalue weighted by Gasteiger charge is -2.38. The van der Waals surface area contributed by atoms with Crippen molar-refractivity contribution in [3.8, 4) is 0 Å². The van der Waals surface area contributed by atoms with Gasteiger partial charge in [-0.3, -0.25) is 4.79 Å². The van der Waals surface area contributed by atoms with Gasteiger partial charge in [0.2, 0.25) is 0 Å². The van der Waals surface area contributed by atoms with Gasteiger partial charge in [0.25, 0.3) is 5.91 Å². The van der Waals surface area contributed by atoms with Crippen molar-refractivity contribution in [2.45, 2.75) is 38.3 Å². The van der Waals surface area contributed by atoms with Crippen molar-refractivity contribution < 1.29 is 9.18 Å². The zero-order chi connectivity index (χ0) is 14.0. The molecule has 5 heteroatoms. The van der Waals surface area contributed by atoms with Crippen molar-refractivity contribution in [2.75, 3.05) is 6.54 Å². The van der Waals surface area contributed by atoms with Crippen molar-refractivity contribution in [1.82, 2.24) is 4.90 Å². The van der Waals surface area contributed by atoms with Crippen molar-refractivity contribution in [3.05, 3.63) is 34.1 Å². The SMILES string of the molecule is C[C@H](N)[C@H]1CCCCN1C(=O)c1cc(F)ccc1Br. The number of likely N-dealkylation sites (tertiary alicyclic amines) is 1. The molecule has 0 aliphatic carbocycles. The van der Waals surface area contributed by atoms with E-state index in [0.717, 1.165) is 19.3 Å². The van der Waals surface area contributed by atoms with Gasteiger partial charge in [0.15, 0.2) is 0 Å². The van der Waals surface area contributed by atoms with Gasteiger partial charge in [-0.2, -0.15) is 0 Å². The monoisotopic (exact) mass is 328 g/mol. The Morgan fingerprint density at radius 1 is 1.53 bits per heavy atom. The van der Waals surface area contributed by atoms with E-state index in [2.05, 4.69) is 15.9 Å². The predicted octanol–water partition coefficient (Wildman–Crippen LogP) is 2.93. The molecule has 0 saturated carbocycles. The average molecular weight is 329 g/mol. The van der Waals surface area contributed by atoms with E-state index in [-0.39, 0.29) is 18.0 Å². The molecule has 2 rings (SSSR count). The molecule has 0 aromatic heterocycles. The van der Waals surface area contributed by atoms with Crippen LogP contribution in [0.5, 0.6) is 0 Å². The molecule has 2 atom stereocenters. The van der Waals surface area contributed by atoms with Crippen LogP contribution in [0.3, 0.4) is 0 Å². The summed E-state index contributed by atoms with van der Waals surface area (Å²) in [5, 5.41) is 0. The summed E-state index contributed by atoms with van der Waals surface area (Å²) in [6.45, 7) is 2.60. The maximum absolute atomic E-state index is 13.3. The van der Waals surface area contributed by atoms with Gasteiger partial charge in [-0.05, 0) is 60.3 Å². The van der Waals surface area contributed by atoms with E-state index in [4.69, 9.17) is 5.73 Å². The lowest BCUT2D eigenvalue weighted by molar-refractivity contribution is 0.0582. The Kier molecular flexibility index (Phi) is 4.58.